The second-order valence-electron chi connectivity index (χ2n) is 4.50. The third-order valence-electron chi connectivity index (χ3n) is 2.95. The summed E-state index contributed by atoms with van der Waals surface area (Å²) in [6.07, 6.45) is -0.430. The number of amides is 1. The molecule has 1 saturated heterocycles. The topological polar surface area (TPSA) is 63.2 Å². The molecule has 1 amide bonds. The van der Waals surface area contributed by atoms with E-state index < -0.39 is 6.10 Å². The summed E-state index contributed by atoms with van der Waals surface area (Å²) in [6, 6.07) is 4.12. The van der Waals surface area contributed by atoms with Crippen LogP contribution in [-0.4, -0.2) is 36.7 Å². The van der Waals surface area contributed by atoms with Crippen LogP contribution in [0.1, 0.15) is 4.88 Å². The van der Waals surface area contributed by atoms with Gasteiger partial charge in [0, 0.05) is 23.3 Å². The molecule has 20 heavy (non-hydrogen) atoms. The maximum atomic E-state index is 12.0. The minimum absolute atomic E-state index is 0.138. The minimum atomic E-state index is -0.430. The highest BCUT2D eigenvalue weighted by Gasteiger charge is 2.22. The van der Waals surface area contributed by atoms with Gasteiger partial charge in [-0.25, -0.2) is 4.98 Å². The number of carbonyl (C=O) groups is 1. The number of anilines is 1. The molecular formula is C13H15N3O2S2. The molecule has 0 radical (unpaired) electrons. The van der Waals surface area contributed by atoms with Gasteiger partial charge in [-0.1, -0.05) is 0 Å². The van der Waals surface area contributed by atoms with Crippen LogP contribution in [0.5, 0.6) is 0 Å². The lowest BCUT2D eigenvalue weighted by atomic mass is 10.3. The lowest BCUT2D eigenvalue weighted by Gasteiger charge is -2.22. The molecule has 2 aromatic heterocycles. The number of aromatic nitrogens is 1. The zero-order chi connectivity index (χ0) is 13.9. The van der Waals surface area contributed by atoms with E-state index in [0.29, 0.717) is 18.3 Å². The lowest BCUT2D eigenvalue weighted by Crippen LogP contribution is -2.45. The Labute approximate surface area is 125 Å². The van der Waals surface area contributed by atoms with E-state index >= 15 is 0 Å². The van der Waals surface area contributed by atoms with Crippen LogP contribution in [0, 0.1) is 6.92 Å². The van der Waals surface area contributed by atoms with Crippen LogP contribution in [0.3, 0.4) is 0 Å². The molecule has 3 rings (SSSR count). The van der Waals surface area contributed by atoms with E-state index in [9.17, 15) is 4.79 Å². The van der Waals surface area contributed by atoms with E-state index in [2.05, 4.69) is 34.7 Å². The van der Waals surface area contributed by atoms with Crippen molar-refractivity contribution in [2.75, 3.05) is 25.0 Å². The van der Waals surface area contributed by atoms with Gasteiger partial charge in [-0.05, 0) is 19.1 Å². The highest BCUT2D eigenvalue weighted by Crippen LogP contribution is 2.30. The van der Waals surface area contributed by atoms with Crippen molar-refractivity contribution in [3.05, 3.63) is 22.4 Å². The molecular weight excluding hydrogens is 294 g/mol. The third-order valence-corrected chi connectivity index (χ3v) is 4.73. The Morgan fingerprint density at radius 2 is 2.45 bits per heavy atom. The van der Waals surface area contributed by atoms with Gasteiger partial charge in [-0.3, -0.25) is 10.1 Å². The number of thiophene rings is 1. The SMILES string of the molecule is Cc1ccc(-c2csc(NC(=O)C3CNCCO3)n2)s1. The van der Waals surface area contributed by atoms with Crippen LogP contribution < -0.4 is 10.6 Å². The molecule has 1 unspecified atom stereocenters. The van der Waals surface area contributed by atoms with Crippen LogP contribution in [0.15, 0.2) is 17.5 Å². The number of rotatable bonds is 3. The van der Waals surface area contributed by atoms with E-state index in [1.807, 2.05) is 5.38 Å². The first-order valence-corrected chi connectivity index (χ1v) is 8.07. The van der Waals surface area contributed by atoms with Gasteiger partial charge in [0.1, 0.15) is 6.10 Å². The molecule has 0 aromatic carbocycles. The van der Waals surface area contributed by atoms with Crippen molar-refractivity contribution in [2.24, 2.45) is 0 Å². The van der Waals surface area contributed by atoms with E-state index in [4.69, 9.17) is 4.74 Å². The summed E-state index contributed by atoms with van der Waals surface area (Å²) in [6.45, 7) is 3.98. The normalized spacial score (nSPS) is 18.9. The molecule has 5 nitrogen and oxygen atoms in total. The number of thiazole rings is 1. The Bertz CT molecular complexity index is 602. The summed E-state index contributed by atoms with van der Waals surface area (Å²) >= 11 is 3.13. The molecule has 0 bridgehead atoms. The molecule has 1 aliphatic heterocycles. The second-order valence-corrected chi connectivity index (χ2v) is 6.65. The molecule has 0 aliphatic carbocycles. The van der Waals surface area contributed by atoms with Crippen molar-refractivity contribution in [3.63, 3.8) is 0 Å². The zero-order valence-corrected chi connectivity index (χ0v) is 12.6. The van der Waals surface area contributed by atoms with E-state index in [1.54, 1.807) is 11.3 Å². The fourth-order valence-electron chi connectivity index (χ4n) is 1.94. The zero-order valence-electron chi connectivity index (χ0n) is 11.0. The summed E-state index contributed by atoms with van der Waals surface area (Å²) < 4.78 is 5.41. The molecule has 1 aliphatic rings. The summed E-state index contributed by atoms with van der Waals surface area (Å²) in [5, 5.41) is 8.53. The first-order valence-electron chi connectivity index (χ1n) is 6.38. The van der Waals surface area contributed by atoms with Crippen LogP contribution in [0.4, 0.5) is 5.13 Å². The van der Waals surface area contributed by atoms with E-state index in [1.165, 1.54) is 16.2 Å². The monoisotopic (exact) mass is 309 g/mol. The maximum Gasteiger partial charge on any atom is 0.256 e. The molecule has 3 heterocycles. The smallest absolute Gasteiger partial charge is 0.256 e. The first-order chi connectivity index (χ1) is 9.72. The fraction of sp³-hybridized carbons (Fsp3) is 0.385. The number of ether oxygens (including phenoxy) is 1. The van der Waals surface area contributed by atoms with Crippen molar-refractivity contribution < 1.29 is 9.53 Å². The average Bonchev–Trinajstić information content (AvgIpc) is 3.09. The highest BCUT2D eigenvalue weighted by molar-refractivity contribution is 7.17. The van der Waals surface area contributed by atoms with Gasteiger partial charge in [0.05, 0.1) is 17.2 Å². The number of hydrogen-bond acceptors (Lipinski definition) is 6. The Balaban J connectivity index is 1.66. The molecule has 0 spiro atoms. The van der Waals surface area contributed by atoms with Crippen molar-refractivity contribution in [1.82, 2.24) is 10.3 Å². The Morgan fingerprint density at radius 1 is 1.55 bits per heavy atom. The standard InChI is InChI=1S/C13H15N3O2S2/c1-8-2-3-11(20-8)9-7-19-13(15-9)16-12(17)10-6-14-4-5-18-10/h2-3,7,10,14H,4-6H2,1H3,(H,15,16,17). The number of aryl methyl sites for hydroxylation is 1. The van der Waals surface area contributed by atoms with Gasteiger partial charge < -0.3 is 10.1 Å². The fourth-order valence-corrected chi connectivity index (χ4v) is 3.55. The molecule has 1 atom stereocenters. The van der Waals surface area contributed by atoms with E-state index in [0.717, 1.165) is 17.1 Å². The van der Waals surface area contributed by atoms with Gasteiger partial charge in [-0.15, -0.1) is 22.7 Å². The molecule has 106 valence electrons. The van der Waals surface area contributed by atoms with Crippen molar-refractivity contribution in [3.8, 4) is 10.6 Å². The Hall–Kier alpha value is -1.28. The van der Waals surface area contributed by atoms with Crippen LogP contribution >= 0.6 is 22.7 Å². The largest absolute Gasteiger partial charge is 0.366 e. The van der Waals surface area contributed by atoms with Crippen molar-refractivity contribution in [2.45, 2.75) is 13.0 Å². The van der Waals surface area contributed by atoms with Crippen molar-refractivity contribution in [1.29, 1.82) is 0 Å². The van der Waals surface area contributed by atoms with Crippen LogP contribution in [0.2, 0.25) is 0 Å². The van der Waals surface area contributed by atoms with E-state index in [-0.39, 0.29) is 5.91 Å². The summed E-state index contributed by atoms with van der Waals surface area (Å²) in [7, 11) is 0. The average molecular weight is 309 g/mol. The number of nitrogens with zero attached hydrogens (tertiary/aromatic N) is 1. The van der Waals surface area contributed by atoms with Gasteiger partial charge >= 0.3 is 0 Å². The number of carbonyl (C=O) groups excluding carboxylic acids is 1. The molecule has 1 fully saturated rings. The summed E-state index contributed by atoms with van der Waals surface area (Å²) in [4.78, 5) is 18.8. The molecule has 0 saturated carbocycles. The predicted octanol–water partition coefficient (Wildman–Crippen LogP) is 2.11. The van der Waals surface area contributed by atoms with Gasteiger partial charge in [0.25, 0.3) is 5.91 Å². The summed E-state index contributed by atoms with van der Waals surface area (Å²) in [5.41, 5.74) is 0.908. The molecule has 2 N–H and O–H groups in total. The highest BCUT2D eigenvalue weighted by atomic mass is 32.1. The van der Waals surface area contributed by atoms with Crippen LogP contribution in [-0.2, 0) is 9.53 Å². The molecule has 2 aromatic rings. The number of hydrogen-bond donors (Lipinski definition) is 2. The van der Waals surface area contributed by atoms with Crippen molar-refractivity contribution >= 4 is 33.7 Å². The number of nitrogens with one attached hydrogen (secondary N) is 2. The van der Waals surface area contributed by atoms with Gasteiger partial charge in [-0.2, -0.15) is 0 Å². The maximum absolute atomic E-state index is 12.0. The first kappa shape index (κ1) is 13.7. The Morgan fingerprint density at radius 3 is 3.15 bits per heavy atom. The predicted molar refractivity (Wildman–Crippen MR) is 81.4 cm³/mol. The summed E-state index contributed by atoms with van der Waals surface area (Å²) in [5.74, 6) is -0.138. The van der Waals surface area contributed by atoms with Gasteiger partial charge in [0.15, 0.2) is 5.13 Å². The van der Waals surface area contributed by atoms with Crippen LogP contribution in [0.25, 0.3) is 10.6 Å². The lowest BCUT2D eigenvalue weighted by molar-refractivity contribution is -0.128. The molecule has 7 heteroatoms. The van der Waals surface area contributed by atoms with Gasteiger partial charge in [0.2, 0.25) is 0 Å². The Kier molecular flexibility index (Phi) is 4.11. The minimum Gasteiger partial charge on any atom is -0.366 e. The quantitative estimate of drug-likeness (QED) is 0.911. The second kappa shape index (κ2) is 6.01. The number of morpholine rings is 1. The third kappa shape index (κ3) is 3.06.